The van der Waals surface area contributed by atoms with Crippen molar-refractivity contribution >= 4 is 17.3 Å². The van der Waals surface area contributed by atoms with Crippen LogP contribution in [0.25, 0.3) is 0 Å². The second-order valence-electron chi connectivity index (χ2n) is 9.82. The summed E-state index contributed by atoms with van der Waals surface area (Å²) in [5, 5.41) is 10.7. The molecule has 0 radical (unpaired) electrons. The molecule has 0 unspecified atom stereocenters. The molecule has 0 aliphatic heterocycles. The quantitative estimate of drug-likeness (QED) is 0.792. The third-order valence-electron chi connectivity index (χ3n) is 8.90. The Kier molecular flexibility index (Phi) is 3.65. The lowest BCUT2D eigenvalue weighted by molar-refractivity contribution is -0.172. The molecule has 4 heteroatoms. The van der Waals surface area contributed by atoms with Gasteiger partial charge in [-0.15, -0.1) is 0 Å². The van der Waals surface area contributed by atoms with E-state index in [-0.39, 0.29) is 40.2 Å². The molecule has 4 aliphatic carbocycles. The molecule has 0 saturated heterocycles. The van der Waals surface area contributed by atoms with Gasteiger partial charge in [-0.25, -0.2) is 0 Å². The maximum absolute atomic E-state index is 13.1. The van der Waals surface area contributed by atoms with Gasteiger partial charge in [0.25, 0.3) is 0 Å². The van der Waals surface area contributed by atoms with Crippen LogP contribution in [0.2, 0.25) is 0 Å². The van der Waals surface area contributed by atoms with Crippen molar-refractivity contribution in [1.29, 1.82) is 0 Å². The summed E-state index contributed by atoms with van der Waals surface area (Å²) in [6.45, 7) is 5.83. The summed E-state index contributed by atoms with van der Waals surface area (Å²) in [6, 6.07) is 0. The number of Topliss-reactive ketones (excluding diaryl/α,β-unsaturated/α-hetero) is 3. The van der Waals surface area contributed by atoms with Crippen LogP contribution < -0.4 is 0 Å². The molecule has 4 rings (SSSR count). The maximum Gasteiger partial charge on any atom is 0.161 e. The van der Waals surface area contributed by atoms with E-state index in [0.29, 0.717) is 37.4 Å². The number of rotatable bonds is 1. The van der Waals surface area contributed by atoms with Gasteiger partial charge in [0.15, 0.2) is 5.78 Å². The number of aliphatic hydroxyl groups is 1. The Morgan fingerprint density at radius 2 is 1.80 bits per heavy atom. The normalized spacial score (nSPS) is 52.3. The molecular formula is C21H30O4. The van der Waals surface area contributed by atoms with Crippen molar-refractivity contribution in [3.05, 3.63) is 0 Å². The first kappa shape index (κ1) is 17.4. The van der Waals surface area contributed by atoms with Gasteiger partial charge in [-0.3, -0.25) is 14.4 Å². The number of hydrogen-bond donors (Lipinski definition) is 1. The van der Waals surface area contributed by atoms with Crippen LogP contribution in [0, 0.1) is 34.5 Å². The Hall–Kier alpha value is -1.03. The predicted octanol–water partition coefficient (Wildman–Crippen LogP) is 3.10. The van der Waals surface area contributed by atoms with Crippen molar-refractivity contribution < 1.29 is 19.5 Å². The van der Waals surface area contributed by atoms with Gasteiger partial charge < -0.3 is 5.11 Å². The summed E-state index contributed by atoms with van der Waals surface area (Å²) in [6.07, 6.45) is 5.52. The fraction of sp³-hybridized carbons (Fsp3) is 0.857. The first-order valence-electron chi connectivity index (χ1n) is 9.91. The van der Waals surface area contributed by atoms with Crippen LogP contribution in [0.4, 0.5) is 0 Å². The number of hydrogen-bond acceptors (Lipinski definition) is 4. The second kappa shape index (κ2) is 5.25. The average Bonchev–Trinajstić information content (AvgIpc) is 2.85. The Bertz CT molecular complexity index is 654. The summed E-state index contributed by atoms with van der Waals surface area (Å²) in [7, 11) is 0. The Balaban J connectivity index is 1.67. The van der Waals surface area contributed by atoms with E-state index in [1.54, 1.807) is 0 Å². The van der Waals surface area contributed by atoms with Gasteiger partial charge in [0.2, 0.25) is 0 Å². The van der Waals surface area contributed by atoms with Gasteiger partial charge in [-0.05, 0) is 68.6 Å². The van der Waals surface area contributed by atoms with E-state index in [1.165, 1.54) is 6.92 Å². The Labute approximate surface area is 149 Å². The fourth-order valence-corrected chi connectivity index (χ4v) is 7.02. The van der Waals surface area contributed by atoms with E-state index in [1.807, 2.05) is 0 Å². The minimum Gasteiger partial charge on any atom is -0.382 e. The molecule has 4 nitrogen and oxygen atoms in total. The van der Waals surface area contributed by atoms with Crippen LogP contribution in [-0.4, -0.2) is 28.1 Å². The minimum atomic E-state index is -1.25. The average molecular weight is 346 g/mol. The molecule has 138 valence electrons. The second-order valence-corrected chi connectivity index (χ2v) is 9.82. The largest absolute Gasteiger partial charge is 0.382 e. The van der Waals surface area contributed by atoms with Gasteiger partial charge in [-0.1, -0.05) is 13.8 Å². The molecule has 1 N–H and O–H groups in total. The van der Waals surface area contributed by atoms with Crippen molar-refractivity contribution in [2.45, 2.75) is 77.7 Å². The van der Waals surface area contributed by atoms with Gasteiger partial charge in [0.1, 0.15) is 17.2 Å². The summed E-state index contributed by atoms with van der Waals surface area (Å²) in [4.78, 5) is 37.5. The number of ketones is 3. The van der Waals surface area contributed by atoms with Gasteiger partial charge in [-0.2, -0.15) is 0 Å². The highest BCUT2D eigenvalue weighted by Crippen LogP contribution is 2.65. The Morgan fingerprint density at radius 3 is 2.48 bits per heavy atom. The third-order valence-corrected chi connectivity index (χ3v) is 8.90. The standard InChI is InChI=1S/C21H30O4/c1-12(22)21(25)9-8-19(2)13(11-21)10-16(23)18-14-4-5-17(24)20(14,3)7-6-15(18)19/h13-15,18,25H,4-11H2,1-3H3/t13-,14-,15+,18-,19-,20-,21-/m0/s1. The van der Waals surface area contributed by atoms with Crippen LogP contribution in [0.3, 0.4) is 0 Å². The Morgan fingerprint density at radius 1 is 1.08 bits per heavy atom. The zero-order valence-corrected chi connectivity index (χ0v) is 15.6. The first-order valence-corrected chi connectivity index (χ1v) is 9.91. The minimum absolute atomic E-state index is 0.00717. The molecule has 25 heavy (non-hydrogen) atoms. The van der Waals surface area contributed by atoms with Crippen molar-refractivity contribution in [1.82, 2.24) is 0 Å². The highest BCUT2D eigenvalue weighted by Gasteiger charge is 2.64. The molecule has 4 fully saturated rings. The molecule has 0 aromatic heterocycles. The number of carbonyl (C=O) groups excluding carboxylic acids is 3. The summed E-state index contributed by atoms with van der Waals surface area (Å²) in [5.74, 6) is 1.08. The van der Waals surface area contributed by atoms with Crippen molar-refractivity contribution in [2.75, 3.05) is 0 Å². The fourth-order valence-electron chi connectivity index (χ4n) is 7.02. The molecule has 0 aromatic carbocycles. The van der Waals surface area contributed by atoms with E-state index in [9.17, 15) is 19.5 Å². The first-order chi connectivity index (χ1) is 11.6. The van der Waals surface area contributed by atoms with Gasteiger partial charge >= 0.3 is 0 Å². The van der Waals surface area contributed by atoms with E-state index in [4.69, 9.17) is 0 Å². The summed E-state index contributed by atoms with van der Waals surface area (Å²) in [5.41, 5.74) is -1.54. The van der Waals surface area contributed by atoms with Crippen LogP contribution in [0.5, 0.6) is 0 Å². The lowest BCUT2D eigenvalue weighted by Gasteiger charge is -2.60. The molecule has 0 aromatic rings. The zero-order chi connectivity index (χ0) is 18.2. The van der Waals surface area contributed by atoms with Crippen LogP contribution in [-0.2, 0) is 14.4 Å². The molecular weight excluding hydrogens is 316 g/mol. The van der Waals surface area contributed by atoms with E-state index in [0.717, 1.165) is 25.7 Å². The van der Waals surface area contributed by atoms with Crippen LogP contribution >= 0.6 is 0 Å². The molecule has 4 saturated carbocycles. The molecule has 0 amide bonds. The molecule has 0 heterocycles. The number of fused-ring (bicyclic) bond motifs is 5. The number of carbonyl (C=O) groups is 3. The third kappa shape index (κ3) is 2.19. The molecule has 4 aliphatic rings. The van der Waals surface area contributed by atoms with Crippen molar-refractivity contribution in [3.8, 4) is 0 Å². The maximum atomic E-state index is 13.1. The van der Waals surface area contributed by atoms with Crippen LogP contribution in [0.1, 0.15) is 72.1 Å². The summed E-state index contributed by atoms with van der Waals surface area (Å²) >= 11 is 0. The lowest BCUT2D eigenvalue weighted by Crippen LogP contribution is -2.59. The van der Waals surface area contributed by atoms with E-state index >= 15 is 0 Å². The topological polar surface area (TPSA) is 71.4 Å². The lowest BCUT2D eigenvalue weighted by atomic mass is 9.44. The highest BCUT2D eigenvalue weighted by atomic mass is 16.3. The van der Waals surface area contributed by atoms with E-state index < -0.39 is 5.60 Å². The molecule has 0 spiro atoms. The van der Waals surface area contributed by atoms with Crippen molar-refractivity contribution in [2.24, 2.45) is 34.5 Å². The van der Waals surface area contributed by atoms with E-state index in [2.05, 4.69) is 13.8 Å². The molecule has 0 bridgehead atoms. The van der Waals surface area contributed by atoms with Gasteiger partial charge in [0, 0.05) is 24.2 Å². The van der Waals surface area contributed by atoms with Gasteiger partial charge in [0.05, 0.1) is 0 Å². The predicted molar refractivity (Wildman–Crippen MR) is 92.8 cm³/mol. The SMILES string of the molecule is CC(=O)[C@]1(O)CC[C@@]2(C)[C@@H](CC(=O)[C@@H]3[C@H]2CC[C@]2(C)C(=O)CC[C@@H]32)C1. The molecule has 7 atom stereocenters. The zero-order valence-electron chi connectivity index (χ0n) is 15.6. The summed E-state index contributed by atoms with van der Waals surface area (Å²) < 4.78 is 0. The highest BCUT2D eigenvalue weighted by molar-refractivity contribution is 5.91. The monoisotopic (exact) mass is 346 g/mol. The van der Waals surface area contributed by atoms with Crippen LogP contribution in [0.15, 0.2) is 0 Å². The van der Waals surface area contributed by atoms with Crippen molar-refractivity contribution in [3.63, 3.8) is 0 Å². The smallest absolute Gasteiger partial charge is 0.161 e.